The van der Waals surface area contributed by atoms with Crippen molar-refractivity contribution in [2.75, 3.05) is 6.61 Å². The lowest BCUT2D eigenvalue weighted by Crippen LogP contribution is -2.34. The van der Waals surface area contributed by atoms with Crippen molar-refractivity contribution in [1.29, 1.82) is 0 Å². The lowest BCUT2D eigenvalue weighted by molar-refractivity contribution is -0.157. The number of rotatable bonds is 0. The van der Waals surface area contributed by atoms with Crippen molar-refractivity contribution in [3.63, 3.8) is 0 Å². The van der Waals surface area contributed by atoms with Crippen LogP contribution < -0.4 is 0 Å². The third kappa shape index (κ3) is 0.680. The first-order valence-corrected chi connectivity index (χ1v) is 4.71. The van der Waals surface area contributed by atoms with E-state index in [2.05, 4.69) is 12.2 Å². The van der Waals surface area contributed by atoms with E-state index in [4.69, 9.17) is 4.74 Å². The minimum absolute atomic E-state index is 0.0584. The minimum atomic E-state index is 0.0584. The van der Waals surface area contributed by atoms with Crippen molar-refractivity contribution in [1.82, 2.24) is 0 Å². The number of esters is 1. The summed E-state index contributed by atoms with van der Waals surface area (Å²) in [5.74, 6) is 2.08. The molecule has 64 valence electrons. The third-order valence-electron chi connectivity index (χ3n) is 3.59. The molecule has 0 spiro atoms. The Morgan fingerprint density at radius 1 is 1.33 bits per heavy atom. The number of ether oxygens (including phenoxy) is 1. The molecule has 0 aromatic rings. The molecular weight excluding hydrogens is 152 g/mol. The van der Waals surface area contributed by atoms with Gasteiger partial charge in [0.2, 0.25) is 0 Å². The molecule has 4 atom stereocenters. The molecule has 1 heterocycles. The van der Waals surface area contributed by atoms with Crippen LogP contribution in [0, 0.1) is 23.7 Å². The Morgan fingerprint density at radius 2 is 2.17 bits per heavy atom. The van der Waals surface area contributed by atoms with Crippen LogP contribution in [0.15, 0.2) is 12.2 Å². The van der Waals surface area contributed by atoms with Gasteiger partial charge in [0.25, 0.3) is 0 Å². The molecule has 2 heteroatoms. The summed E-state index contributed by atoms with van der Waals surface area (Å²) in [4.78, 5) is 11.4. The van der Waals surface area contributed by atoms with Gasteiger partial charge in [-0.05, 0) is 30.6 Å². The van der Waals surface area contributed by atoms with E-state index in [-0.39, 0.29) is 11.9 Å². The van der Waals surface area contributed by atoms with Crippen molar-refractivity contribution in [2.24, 2.45) is 23.7 Å². The maximum Gasteiger partial charge on any atom is 0.309 e. The number of hydrogen-bond acceptors (Lipinski definition) is 2. The van der Waals surface area contributed by atoms with Gasteiger partial charge in [0, 0.05) is 0 Å². The number of allylic oxidation sites excluding steroid dienone is 2. The highest BCUT2D eigenvalue weighted by Gasteiger charge is 2.50. The maximum atomic E-state index is 11.4. The molecule has 1 saturated heterocycles. The smallest absolute Gasteiger partial charge is 0.309 e. The highest BCUT2D eigenvalue weighted by atomic mass is 16.5. The summed E-state index contributed by atoms with van der Waals surface area (Å²) in [6.07, 6.45) is 6.79. The average molecular weight is 164 g/mol. The number of fused-ring (bicyclic) bond motifs is 5. The van der Waals surface area contributed by atoms with Gasteiger partial charge in [-0.2, -0.15) is 0 Å². The summed E-state index contributed by atoms with van der Waals surface area (Å²) in [6.45, 7) is 0.650. The molecule has 3 aliphatic rings. The van der Waals surface area contributed by atoms with Crippen molar-refractivity contribution < 1.29 is 9.53 Å². The number of carbonyl (C=O) groups is 1. The maximum absolute atomic E-state index is 11.4. The van der Waals surface area contributed by atoms with Crippen molar-refractivity contribution in [2.45, 2.75) is 12.8 Å². The summed E-state index contributed by atoms with van der Waals surface area (Å²) in [5, 5.41) is 0. The van der Waals surface area contributed by atoms with Crippen LogP contribution in [0.4, 0.5) is 0 Å². The molecule has 2 nitrogen and oxygen atoms in total. The highest BCUT2D eigenvalue weighted by molar-refractivity contribution is 5.75. The zero-order chi connectivity index (χ0) is 8.13. The first-order chi connectivity index (χ1) is 5.86. The molecule has 0 aromatic heterocycles. The van der Waals surface area contributed by atoms with Crippen LogP contribution in [0.25, 0.3) is 0 Å². The van der Waals surface area contributed by atoms with Crippen LogP contribution in [-0.2, 0) is 9.53 Å². The van der Waals surface area contributed by atoms with Gasteiger partial charge >= 0.3 is 5.97 Å². The number of cyclic esters (lactones) is 1. The number of hydrogen-bond donors (Lipinski definition) is 0. The quantitative estimate of drug-likeness (QED) is 0.399. The second kappa shape index (κ2) is 2.12. The van der Waals surface area contributed by atoms with Crippen molar-refractivity contribution >= 4 is 5.97 Å². The summed E-state index contributed by atoms with van der Waals surface area (Å²) >= 11 is 0. The third-order valence-corrected chi connectivity index (χ3v) is 3.59. The molecule has 12 heavy (non-hydrogen) atoms. The van der Waals surface area contributed by atoms with Gasteiger partial charge < -0.3 is 4.74 Å². The molecule has 2 bridgehead atoms. The van der Waals surface area contributed by atoms with E-state index in [1.165, 1.54) is 6.42 Å². The van der Waals surface area contributed by atoms with E-state index in [1.54, 1.807) is 0 Å². The Hall–Kier alpha value is -0.790. The van der Waals surface area contributed by atoms with Crippen LogP contribution in [0.2, 0.25) is 0 Å². The van der Waals surface area contributed by atoms with E-state index in [0.717, 1.165) is 6.42 Å². The van der Waals surface area contributed by atoms with Crippen molar-refractivity contribution in [3.05, 3.63) is 12.2 Å². The van der Waals surface area contributed by atoms with E-state index >= 15 is 0 Å². The lowest BCUT2D eigenvalue weighted by Gasteiger charge is -2.30. The predicted molar refractivity (Wildman–Crippen MR) is 43.3 cm³/mol. The van der Waals surface area contributed by atoms with E-state index < -0.39 is 0 Å². The van der Waals surface area contributed by atoms with Gasteiger partial charge in [-0.15, -0.1) is 0 Å². The number of carbonyl (C=O) groups excluding carboxylic acids is 1. The summed E-state index contributed by atoms with van der Waals surface area (Å²) < 4.78 is 5.07. The summed E-state index contributed by atoms with van der Waals surface area (Å²) in [7, 11) is 0. The molecule has 0 radical (unpaired) electrons. The Kier molecular flexibility index (Phi) is 1.18. The normalized spacial score (nSPS) is 49.2. The van der Waals surface area contributed by atoms with Crippen LogP contribution in [0.5, 0.6) is 0 Å². The van der Waals surface area contributed by atoms with Gasteiger partial charge in [0.15, 0.2) is 0 Å². The van der Waals surface area contributed by atoms with Crippen LogP contribution >= 0.6 is 0 Å². The lowest BCUT2D eigenvalue weighted by atomic mass is 9.80. The Balaban J connectivity index is 1.97. The molecule has 3 rings (SSSR count). The standard InChI is InChI=1S/C10H12O2/c11-10-9-7-2-1-6(5-7)8(9)3-4-12-10/h1-2,6-9H,3-5H2. The monoisotopic (exact) mass is 164 g/mol. The zero-order valence-electron chi connectivity index (χ0n) is 6.90. The van der Waals surface area contributed by atoms with Gasteiger partial charge in [-0.25, -0.2) is 0 Å². The van der Waals surface area contributed by atoms with E-state index in [1.807, 2.05) is 0 Å². The molecule has 1 saturated carbocycles. The van der Waals surface area contributed by atoms with Crippen LogP contribution in [-0.4, -0.2) is 12.6 Å². The van der Waals surface area contributed by atoms with Crippen LogP contribution in [0.3, 0.4) is 0 Å². The molecule has 0 aromatic carbocycles. The van der Waals surface area contributed by atoms with Gasteiger partial charge in [-0.1, -0.05) is 12.2 Å². The Morgan fingerprint density at radius 3 is 3.00 bits per heavy atom. The fraction of sp³-hybridized carbons (Fsp3) is 0.700. The molecular formula is C10H12O2. The Bertz CT molecular complexity index is 257. The first kappa shape index (κ1) is 6.70. The largest absolute Gasteiger partial charge is 0.465 e. The Labute approximate surface area is 71.6 Å². The van der Waals surface area contributed by atoms with E-state index in [0.29, 0.717) is 24.4 Å². The second-order valence-electron chi connectivity index (χ2n) is 4.09. The fourth-order valence-electron chi connectivity index (χ4n) is 3.06. The van der Waals surface area contributed by atoms with Gasteiger partial charge in [0.05, 0.1) is 12.5 Å². The topological polar surface area (TPSA) is 26.3 Å². The molecule has 2 fully saturated rings. The summed E-state index contributed by atoms with van der Waals surface area (Å²) in [6, 6.07) is 0. The first-order valence-electron chi connectivity index (χ1n) is 4.71. The molecule has 1 aliphatic heterocycles. The summed E-state index contributed by atoms with van der Waals surface area (Å²) in [5.41, 5.74) is 0. The van der Waals surface area contributed by atoms with Gasteiger partial charge in [0.1, 0.15) is 0 Å². The fourth-order valence-corrected chi connectivity index (χ4v) is 3.06. The average Bonchev–Trinajstić information content (AvgIpc) is 2.64. The molecule has 2 aliphatic carbocycles. The van der Waals surface area contributed by atoms with Crippen LogP contribution in [0.1, 0.15) is 12.8 Å². The van der Waals surface area contributed by atoms with Gasteiger partial charge in [-0.3, -0.25) is 4.79 Å². The SMILES string of the molecule is O=C1OCCC2C3C=CC(C3)C12. The van der Waals surface area contributed by atoms with E-state index in [9.17, 15) is 4.79 Å². The molecule has 0 N–H and O–H groups in total. The predicted octanol–water partition coefficient (Wildman–Crippen LogP) is 1.37. The van der Waals surface area contributed by atoms with Crippen molar-refractivity contribution in [3.8, 4) is 0 Å². The highest BCUT2D eigenvalue weighted by Crippen LogP contribution is 2.51. The molecule has 0 amide bonds. The second-order valence-corrected chi connectivity index (χ2v) is 4.09. The minimum Gasteiger partial charge on any atom is -0.465 e. The zero-order valence-corrected chi connectivity index (χ0v) is 6.90. The molecule has 4 unspecified atom stereocenters.